The Bertz CT molecular complexity index is 1490. The van der Waals surface area contributed by atoms with E-state index < -0.39 is 12.1 Å². The number of carbonyl (C=O) groups is 1. The zero-order valence-corrected chi connectivity index (χ0v) is 18.9. The summed E-state index contributed by atoms with van der Waals surface area (Å²) in [5.74, 6) is -0.975. The van der Waals surface area contributed by atoms with E-state index in [2.05, 4.69) is 15.8 Å². The number of hydrogen-bond acceptors (Lipinski definition) is 7. The van der Waals surface area contributed by atoms with Gasteiger partial charge in [0.05, 0.1) is 35.0 Å². The molecule has 0 aliphatic carbocycles. The van der Waals surface area contributed by atoms with Gasteiger partial charge in [0.1, 0.15) is 12.1 Å². The lowest BCUT2D eigenvalue weighted by atomic mass is 10.00. The number of aromatic nitrogens is 3. The van der Waals surface area contributed by atoms with E-state index >= 15 is 0 Å². The number of nitrogens with one attached hydrogen (secondary N) is 2. The highest BCUT2D eigenvalue weighted by Gasteiger charge is 2.41. The van der Waals surface area contributed by atoms with Crippen molar-refractivity contribution in [3.63, 3.8) is 0 Å². The van der Waals surface area contributed by atoms with Crippen LogP contribution in [-0.2, 0) is 16.1 Å². The van der Waals surface area contributed by atoms with Gasteiger partial charge in [0.2, 0.25) is 0 Å². The average Bonchev–Trinajstić information content (AvgIpc) is 3.22. The summed E-state index contributed by atoms with van der Waals surface area (Å²) in [6.45, 7) is 4.28. The Kier molecular flexibility index (Phi) is 5.72. The first-order valence-corrected chi connectivity index (χ1v) is 11.2. The molecule has 34 heavy (non-hydrogen) atoms. The molecule has 0 bridgehead atoms. The summed E-state index contributed by atoms with van der Waals surface area (Å²) in [6.07, 6.45) is 2.70. The highest BCUT2D eigenvalue weighted by Crippen LogP contribution is 2.25. The molecule has 1 aliphatic heterocycles. The zero-order valence-electron chi connectivity index (χ0n) is 18.9. The number of nitrogens with zero attached hydrogens (tertiary/aromatic N) is 3. The number of carbonyl (C=O) groups excluding carboxylic acids is 1. The van der Waals surface area contributed by atoms with Gasteiger partial charge in [-0.2, -0.15) is 0 Å². The number of ether oxygens (including phenoxy) is 1. The lowest BCUT2D eigenvalue weighted by molar-refractivity contribution is -0.149. The first-order chi connectivity index (χ1) is 16.5. The molecule has 3 atom stereocenters. The molecule has 5 rings (SSSR count). The molecule has 1 aliphatic rings. The molecule has 1 fully saturated rings. The fourth-order valence-corrected chi connectivity index (χ4v) is 4.49. The Morgan fingerprint density at radius 3 is 2.44 bits per heavy atom. The summed E-state index contributed by atoms with van der Waals surface area (Å²) in [6, 6.07) is 14.6. The number of benzene rings is 1. The Morgan fingerprint density at radius 2 is 1.71 bits per heavy atom. The van der Waals surface area contributed by atoms with Gasteiger partial charge in [-0.15, -0.1) is 0 Å². The third-order valence-electron chi connectivity index (χ3n) is 6.23. The van der Waals surface area contributed by atoms with Gasteiger partial charge >= 0.3 is 5.97 Å². The SMILES string of the molecule is CCOC(=O)C1C(C)NNC1n1ccc2nc3ccn(Cc4ccccc4)c(=O)c3cc2c1=O. The topological polar surface area (TPSA) is 107 Å². The van der Waals surface area contributed by atoms with Gasteiger partial charge in [-0.25, -0.2) is 10.4 Å². The number of rotatable bonds is 5. The number of hydrogen-bond donors (Lipinski definition) is 2. The summed E-state index contributed by atoms with van der Waals surface area (Å²) in [5, 5.41) is 0.683. The molecule has 3 unspecified atom stereocenters. The second-order valence-corrected chi connectivity index (χ2v) is 8.42. The molecule has 0 saturated carbocycles. The van der Waals surface area contributed by atoms with Crippen molar-refractivity contribution in [2.75, 3.05) is 6.61 Å². The zero-order chi connectivity index (χ0) is 23.8. The number of hydrazine groups is 1. The van der Waals surface area contributed by atoms with Crippen LogP contribution in [0.3, 0.4) is 0 Å². The molecule has 4 heterocycles. The molecular formula is C25H25N5O4. The quantitative estimate of drug-likeness (QED) is 0.347. The lowest BCUT2D eigenvalue weighted by Gasteiger charge is -2.21. The number of fused-ring (bicyclic) bond motifs is 2. The number of esters is 1. The molecule has 0 radical (unpaired) electrons. The largest absolute Gasteiger partial charge is 0.466 e. The van der Waals surface area contributed by atoms with E-state index in [4.69, 9.17) is 4.74 Å². The van der Waals surface area contributed by atoms with Gasteiger partial charge in [0.15, 0.2) is 0 Å². The van der Waals surface area contributed by atoms with Gasteiger partial charge in [0, 0.05) is 18.4 Å². The Hall–Kier alpha value is -3.82. The second-order valence-electron chi connectivity index (χ2n) is 8.42. The highest BCUT2D eigenvalue weighted by atomic mass is 16.5. The predicted molar refractivity (Wildman–Crippen MR) is 128 cm³/mol. The van der Waals surface area contributed by atoms with E-state index in [1.807, 2.05) is 37.3 Å². The van der Waals surface area contributed by atoms with Crippen molar-refractivity contribution in [2.24, 2.45) is 5.92 Å². The van der Waals surface area contributed by atoms with Crippen LogP contribution in [0.15, 0.2) is 70.5 Å². The molecule has 174 valence electrons. The standard InChI is InChI=1S/C25H25N5O4/c1-3-34-25(33)21-15(2)27-28-22(21)30-12-10-20-18(24(30)32)13-17-19(26-20)9-11-29(23(17)31)14-16-7-5-4-6-8-16/h4-13,15,21-22,27-28H,3,14H2,1-2H3. The predicted octanol–water partition coefficient (Wildman–Crippen LogP) is 1.93. The molecule has 9 heteroatoms. The van der Waals surface area contributed by atoms with Gasteiger partial charge in [-0.05, 0) is 37.6 Å². The molecular weight excluding hydrogens is 434 g/mol. The molecule has 3 aromatic heterocycles. The van der Waals surface area contributed by atoms with Crippen LogP contribution in [0.2, 0.25) is 0 Å². The van der Waals surface area contributed by atoms with E-state index in [1.165, 1.54) is 4.57 Å². The van der Waals surface area contributed by atoms with E-state index in [0.29, 0.717) is 28.4 Å². The van der Waals surface area contributed by atoms with Gasteiger partial charge < -0.3 is 9.30 Å². The summed E-state index contributed by atoms with van der Waals surface area (Å²) < 4.78 is 8.28. The van der Waals surface area contributed by atoms with Crippen molar-refractivity contribution in [3.8, 4) is 0 Å². The molecule has 1 aromatic carbocycles. The maximum atomic E-state index is 13.5. The Morgan fingerprint density at radius 1 is 1.00 bits per heavy atom. The third-order valence-corrected chi connectivity index (χ3v) is 6.23. The van der Waals surface area contributed by atoms with E-state index in [-0.39, 0.29) is 29.7 Å². The minimum atomic E-state index is -0.632. The van der Waals surface area contributed by atoms with Gasteiger partial charge in [-0.3, -0.25) is 24.4 Å². The van der Waals surface area contributed by atoms with Crippen LogP contribution in [0.1, 0.15) is 25.6 Å². The first-order valence-electron chi connectivity index (χ1n) is 11.2. The smallest absolute Gasteiger partial charge is 0.314 e. The van der Waals surface area contributed by atoms with Crippen LogP contribution < -0.4 is 22.0 Å². The van der Waals surface area contributed by atoms with Crippen molar-refractivity contribution in [2.45, 2.75) is 32.6 Å². The van der Waals surface area contributed by atoms with Crippen LogP contribution in [-0.4, -0.2) is 32.7 Å². The summed E-state index contributed by atoms with van der Waals surface area (Å²) in [4.78, 5) is 43.8. The summed E-state index contributed by atoms with van der Waals surface area (Å²) >= 11 is 0. The van der Waals surface area contributed by atoms with Crippen LogP contribution >= 0.6 is 0 Å². The fraction of sp³-hybridized carbons (Fsp3) is 0.280. The molecule has 9 nitrogen and oxygen atoms in total. The first kappa shape index (κ1) is 22.0. The minimum Gasteiger partial charge on any atom is -0.466 e. The minimum absolute atomic E-state index is 0.218. The number of pyridine rings is 3. The van der Waals surface area contributed by atoms with E-state index in [0.717, 1.165) is 5.56 Å². The molecule has 4 aromatic rings. The second kappa shape index (κ2) is 8.85. The van der Waals surface area contributed by atoms with Gasteiger partial charge in [0.25, 0.3) is 11.1 Å². The summed E-state index contributed by atoms with van der Waals surface area (Å²) in [7, 11) is 0. The Labute approximate surface area is 195 Å². The lowest BCUT2D eigenvalue weighted by Crippen LogP contribution is -2.38. The third kappa shape index (κ3) is 3.78. The average molecular weight is 460 g/mol. The van der Waals surface area contributed by atoms with Crippen molar-refractivity contribution in [3.05, 3.63) is 87.2 Å². The normalized spacial score (nSPS) is 20.1. The van der Waals surface area contributed by atoms with Crippen molar-refractivity contribution in [1.82, 2.24) is 25.0 Å². The molecule has 2 N–H and O–H groups in total. The van der Waals surface area contributed by atoms with E-state index in [9.17, 15) is 14.4 Å². The van der Waals surface area contributed by atoms with Crippen LogP contribution in [0.4, 0.5) is 0 Å². The van der Waals surface area contributed by atoms with Crippen LogP contribution in [0, 0.1) is 5.92 Å². The van der Waals surface area contributed by atoms with E-state index in [1.54, 1.807) is 42.1 Å². The van der Waals surface area contributed by atoms with Crippen LogP contribution in [0.5, 0.6) is 0 Å². The van der Waals surface area contributed by atoms with Gasteiger partial charge in [-0.1, -0.05) is 30.3 Å². The molecule has 0 amide bonds. The molecule has 1 saturated heterocycles. The highest BCUT2D eigenvalue weighted by molar-refractivity contribution is 5.91. The fourth-order valence-electron chi connectivity index (χ4n) is 4.49. The maximum absolute atomic E-state index is 13.5. The van der Waals surface area contributed by atoms with Crippen molar-refractivity contribution < 1.29 is 9.53 Å². The maximum Gasteiger partial charge on any atom is 0.314 e. The summed E-state index contributed by atoms with van der Waals surface area (Å²) in [5.41, 5.74) is 7.50. The molecule has 0 spiro atoms. The van der Waals surface area contributed by atoms with Crippen LogP contribution in [0.25, 0.3) is 21.8 Å². The van der Waals surface area contributed by atoms with Crippen molar-refractivity contribution in [1.29, 1.82) is 0 Å². The van der Waals surface area contributed by atoms with Crippen molar-refractivity contribution >= 4 is 27.8 Å². The Balaban J connectivity index is 1.60. The monoisotopic (exact) mass is 459 g/mol.